The van der Waals surface area contributed by atoms with E-state index in [0.717, 1.165) is 5.69 Å². The number of aryl methyl sites for hydroxylation is 1. The molecule has 1 unspecified atom stereocenters. The van der Waals surface area contributed by atoms with Gasteiger partial charge in [-0.3, -0.25) is 0 Å². The average molecular weight is 155 g/mol. The first-order chi connectivity index (χ1) is 5.25. The van der Waals surface area contributed by atoms with Gasteiger partial charge in [-0.1, -0.05) is 0 Å². The smallest absolute Gasteiger partial charge is 0.0967 e. The highest BCUT2D eigenvalue weighted by Crippen LogP contribution is 2.13. The van der Waals surface area contributed by atoms with E-state index >= 15 is 0 Å². The lowest BCUT2D eigenvalue weighted by molar-refractivity contribution is 0.162. The molecule has 1 aromatic heterocycles. The molecule has 11 heavy (non-hydrogen) atoms. The molecular formula is C7H13N3O. The SMILES string of the molecule is Cn1cncc1C(O)CCN. The Hall–Kier alpha value is -0.870. The maximum atomic E-state index is 9.45. The summed E-state index contributed by atoms with van der Waals surface area (Å²) >= 11 is 0. The molecule has 0 spiro atoms. The molecule has 0 aliphatic heterocycles. The first kappa shape index (κ1) is 8.23. The number of aliphatic hydroxyl groups is 1. The fourth-order valence-corrected chi connectivity index (χ4v) is 0.994. The summed E-state index contributed by atoms with van der Waals surface area (Å²) in [6.45, 7) is 0.492. The van der Waals surface area contributed by atoms with Crippen molar-refractivity contribution in [3.05, 3.63) is 18.2 Å². The highest BCUT2D eigenvalue weighted by atomic mass is 16.3. The van der Waals surface area contributed by atoms with Crippen LogP contribution in [0.3, 0.4) is 0 Å². The first-order valence-electron chi connectivity index (χ1n) is 3.60. The van der Waals surface area contributed by atoms with Crippen LogP contribution in [0.2, 0.25) is 0 Å². The summed E-state index contributed by atoms with van der Waals surface area (Å²) < 4.78 is 1.79. The predicted octanol–water partition coefficient (Wildman–Crippen LogP) is -0.198. The van der Waals surface area contributed by atoms with E-state index in [9.17, 15) is 5.11 Å². The van der Waals surface area contributed by atoms with E-state index in [0.29, 0.717) is 13.0 Å². The molecular weight excluding hydrogens is 142 g/mol. The van der Waals surface area contributed by atoms with Gasteiger partial charge in [0.25, 0.3) is 0 Å². The molecule has 0 aromatic carbocycles. The zero-order chi connectivity index (χ0) is 8.27. The minimum Gasteiger partial charge on any atom is -0.387 e. The third-order valence-electron chi connectivity index (χ3n) is 1.64. The molecule has 0 radical (unpaired) electrons. The lowest BCUT2D eigenvalue weighted by atomic mass is 10.2. The van der Waals surface area contributed by atoms with Crippen molar-refractivity contribution in [2.75, 3.05) is 6.54 Å². The van der Waals surface area contributed by atoms with E-state index in [2.05, 4.69) is 4.98 Å². The molecule has 0 amide bonds. The molecule has 0 fully saturated rings. The molecule has 0 saturated carbocycles. The van der Waals surface area contributed by atoms with Crippen LogP contribution >= 0.6 is 0 Å². The molecule has 4 heteroatoms. The Morgan fingerprint density at radius 2 is 2.55 bits per heavy atom. The molecule has 0 aliphatic rings. The van der Waals surface area contributed by atoms with Gasteiger partial charge >= 0.3 is 0 Å². The molecule has 0 saturated heterocycles. The Morgan fingerprint density at radius 1 is 1.82 bits per heavy atom. The van der Waals surface area contributed by atoms with Crippen molar-refractivity contribution < 1.29 is 5.11 Å². The number of aromatic nitrogens is 2. The van der Waals surface area contributed by atoms with Gasteiger partial charge in [0.1, 0.15) is 0 Å². The van der Waals surface area contributed by atoms with Crippen molar-refractivity contribution in [1.82, 2.24) is 9.55 Å². The summed E-state index contributed by atoms with van der Waals surface area (Å²) in [5, 5.41) is 9.45. The highest BCUT2D eigenvalue weighted by Gasteiger charge is 2.08. The lowest BCUT2D eigenvalue weighted by Gasteiger charge is -2.08. The van der Waals surface area contributed by atoms with Crippen LogP contribution < -0.4 is 5.73 Å². The Kier molecular flexibility index (Phi) is 2.62. The Labute approximate surface area is 65.7 Å². The van der Waals surface area contributed by atoms with Gasteiger partial charge in [0.2, 0.25) is 0 Å². The van der Waals surface area contributed by atoms with Crippen molar-refractivity contribution >= 4 is 0 Å². The summed E-state index contributed by atoms with van der Waals surface area (Å²) in [4.78, 5) is 3.89. The summed E-state index contributed by atoms with van der Waals surface area (Å²) in [5.74, 6) is 0. The van der Waals surface area contributed by atoms with Gasteiger partial charge in [0, 0.05) is 7.05 Å². The molecule has 1 aromatic rings. The quantitative estimate of drug-likeness (QED) is 0.635. The Morgan fingerprint density at radius 3 is 3.00 bits per heavy atom. The summed E-state index contributed by atoms with van der Waals surface area (Å²) in [6, 6.07) is 0. The maximum absolute atomic E-state index is 9.45. The van der Waals surface area contributed by atoms with E-state index in [4.69, 9.17) is 5.73 Å². The molecule has 0 bridgehead atoms. The second kappa shape index (κ2) is 3.50. The van der Waals surface area contributed by atoms with Crippen LogP contribution in [0.5, 0.6) is 0 Å². The van der Waals surface area contributed by atoms with Crippen molar-refractivity contribution in [1.29, 1.82) is 0 Å². The fourth-order valence-electron chi connectivity index (χ4n) is 0.994. The largest absolute Gasteiger partial charge is 0.387 e. The molecule has 3 N–H and O–H groups in total. The normalized spacial score (nSPS) is 13.4. The van der Waals surface area contributed by atoms with Crippen LogP contribution in [-0.4, -0.2) is 21.2 Å². The zero-order valence-corrected chi connectivity index (χ0v) is 6.57. The van der Waals surface area contributed by atoms with Gasteiger partial charge < -0.3 is 15.4 Å². The van der Waals surface area contributed by atoms with Crippen molar-refractivity contribution in [2.24, 2.45) is 12.8 Å². The average Bonchev–Trinajstić information content (AvgIpc) is 2.36. The van der Waals surface area contributed by atoms with Gasteiger partial charge in [-0.2, -0.15) is 0 Å². The van der Waals surface area contributed by atoms with Gasteiger partial charge in [0.05, 0.1) is 24.3 Å². The predicted molar refractivity (Wildman–Crippen MR) is 41.8 cm³/mol. The van der Waals surface area contributed by atoms with E-state index in [-0.39, 0.29) is 0 Å². The summed E-state index contributed by atoms with van der Waals surface area (Å²) in [6.07, 6.45) is 3.42. The third kappa shape index (κ3) is 1.78. The number of hydrogen-bond acceptors (Lipinski definition) is 3. The number of hydrogen-bond donors (Lipinski definition) is 2. The second-order valence-electron chi connectivity index (χ2n) is 2.52. The number of nitrogens with two attached hydrogens (primary N) is 1. The van der Waals surface area contributed by atoms with Gasteiger partial charge in [-0.25, -0.2) is 4.98 Å². The van der Waals surface area contributed by atoms with Gasteiger partial charge in [0.15, 0.2) is 0 Å². The third-order valence-corrected chi connectivity index (χ3v) is 1.64. The molecule has 1 heterocycles. The minimum absolute atomic E-state index is 0.479. The first-order valence-corrected chi connectivity index (χ1v) is 3.60. The van der Waals surface area contributed by atoms with Crippen molar-refractivity contribution in [3.8, 4) is 0 Å². The monoisotopic (exact) mass is 155 g/mol. The van der Waals surface area contributed by atoms with Crippen molar-refractivity contribution in [3.63, 3.8) is 0 Å². The van der Waals surface area contributed by atoms with Crippen LogP contribution in [0.4, 0.5) is 0 Å². The van der Waals surface area contributed by atoms with Gasteiger partial charge in [-0.05, 0) is 13.0 Å². The van der Waals surface area contributed by atoms with E-state index < -0.39 is 6.10 Å². The Balaban J connectivity index is 2.67. The van der Waals surface area contributed by atoms with Crippen LogP contribution in [0.15, 0.2) is 12.5 Å². The van der Waals surface area contributed by atoms with Crippen LogP contribution in [0.25, 0.3) is 0 Å². The topological polar surface area (TPSA) is 64.1 Å². The van der Waals surface area contributed by atoms with E-state index in [1.165, 1.54) is 0 Å². The maximum Gasteiger partial charge on any atom is 0.0967 e. The number of nitrogens with zero attached hydrogens (tertiary/aromatic N) is 2. The minimum atomic E-state index is -0.479. The highest BCUT2D eigenvalue weighted by molar-refractivity contribution is 5.01. The zero-order valence-electron chi connectivity index (χ0n) is 6.57. The van der Waals surface area contributed by atoms with Gasteiger partial charge in [-0.15, -0.1) is 0 Å². The molecule has 4 nitrogen and oxygen atoms in total. The van der Waals surface area contributed by atoms with E-state index in [1.807, 2.05) is 7.05 Å². The molecule has 1 rings (SSSR count). The number of rotatable bonds is 3. The summed E-state index contributed by atoms with van der Waals surface area (Å²) in [7, 11) is 1.85. The van der Waals surface area contributed by atoms with Crippen LogP contribution in [-0.2, 0) is 7.05 Å². The standard InChI is InChI=1S/C7H13N3O/c1-10-5-9-4-6(10)7(11)2-3-8/h4-5,7,11H,2-3,8H2,1H3. The lowest BCUT2D eigenvalue weighted by Crippen LogP contribution is -2.09. The fraction of sp³-hybridized carbons (Fsp3) is 0.571. The van der Waals surface area contributed by atoms with Crippen molar-refractivity contribution in [2.45, 2.75) is 12.5 Å². The number of aliphatic hydroxyl groups excluding tert-OH is 1. The Bertz CT molecular complexity index is 221. The second-order valence-corrected chi connectivity index (χ2v) is 2.52. The van der Waals surface area contributed by atoms with E-state index in [1.54, 1.807) is 17.1 Å². The van der Waals surface area contributed by atoms with Crippen LogP contribution in [0.1, 0.15) is 18.2 Å². The molecule has 62 valence electrons. The summed E-state index contributed by atoms with van der Waals surface area (Å²) in [5.41, 5.74) is 6.11. The van der Waals surface area contributed by atoms with Crippen LogP contribution in [0, 0.1) is 0 Å². The number of imidazole rings is 1. The molecule has 1 atom stereocenters. The molecule has 0 aliphatic carbocycles.